The zero-order chi connectivity index (χ0) is 27.2. The molecule has 4 saturated carbocycles. The lowest BCUT2D eigenvalue weighted by Gasteiger charge is -2.61. The fourth-order valence-electron chi connectivity index (χ4n) is 9.94. The number of aliphatic hydroxyl groups is 1. The van der Waals surface area contributed by atoms with Crippen molar-refractivity contribution in [1.82, 2.24) is 0 Å². The largest absolute Gasteiger partial charge is 0.396 e. The SMILES string of the molecule is CC(CO)CCC[C@@H](C)[C@H]1CC[C@H]2[C@@H]3CCC4CCCC[C@]4(C)[C@H]3CC[C@]12C.CCC(C)OC(C)CC. The highest BCUT2D eigenvalue weighted by molar-refractivity contribution is 5.09. The first-order valence-electron chi connectivity index (χ1n) is 16.9. The number of aliphatic hydroxyl groups excluding tert-OH is 1. The van der Waals surface area contributed by atoms with Gasteiger partial charge in [-0.1, -0.05) is 67.2 Å². The van der Waals surface area contributed by atoms with Crippen molar-refractivity contribution in [2.75, 3.05) is 6.61 Å². The summed E-state index contributed by atoms with van der Waals surface area (Å²) in [5.41, 5.74) is 1.31. The zero-order valence-electron chi connectivity index (χ0n) is 26.4. The van der Waals surface area contributed by atoms with Crippen LogP contribution >= 0.6 is 0 Å². The van der Waals surface area contributed by atoms with Crippen LogP contribution in [-0.2, 0) is 4.74 Å². The van der Waals surface area contributed by atoms with Crippen LogP contribution in [0, 0.1) is 52.3 Å². The Bertz CT molecular complexity index is 654. The van der Waals surface area contributed by atoms with Crippen molar-refractivity contribution in [3.63, 3.8) is 0 Å². The molecular formula is C35H66O2. The molecule has 0 aromatic carbocycles. The third-order valence-corrected chi connectivity index (χ3v) is 12.6. The summed E-state index contributed by atoms with van der Waals surface area (Å²) in [5.74, 6) is 6.49. The lowest BCUT2D eigenvalue weighted by atomic mass is 9.44. The molecule has 0 amide bonds. The van der Waals surface area contributed by atoms with Crippen LogP contribution in [0.15, 0.2) is 0 Å². The molecule has 0 aromatic heterocycles. The Morgan fingerprint density at radius 1 is 0.757 bits per heavy atom. The second-order valence-corrected chi connectivity index (χ2v) is 14.9. The molecule has 2 nitrogen and oxygen atoms in total. The summed E-state index contributed by atoms with van der Waals surface area (Å²) >= 11 is 0. The first-order valence-corrected chi connectivity index (χ1v) is 16.9. The molecule has 4 unspecified atom stereocenters. The molecule has 2 heteroatoms. The van der Waals surface area contributed by atoms with Crippen molar-refractivity contribution in [3.05, 3.63) is 0 Å². The number of ether oxygens (including phenoxy) is 1. The number of fused-ring (bicyclic) bond motifs is 5. The molecule has 0 radical (unpaired) electrons. The Kier molecular flexibility index (Phi) is 11.9. The Balaban J connectivity index is 0.000000364. The summed E-state index contributed by atoms with van der Waals surface area (Å²) in [4.78, 5) is 0. The molecule has 0 bridgehead atoms. The maximum atomic E-state index is 9.32. The normalized spacial score (nSPS) is 40.3. The van der Waals surface area contributed by atoms with Gasteiger partial charge in [0.25, 0.3) is 0 Å². The van der Waals surface area contributed by atoms with Crippen molar-refractivity contribution in [2.45, 2.75) is 164 Å². The quantitative estimate of drug-likeness (QED) is 0.312. The van der Waals surface area contributed by atoms with E-state index < -0.39 is 0 Å². The lowest BCUT2D eigenvalue weighted by Crippen LogP contribution is -2.53. The van der Waals surface area contributed by atoms with Crippen LogP contribution in [0.3, 0.4) is 0 Å². The van der Waals surface area contributed by atoms with E-state index in [0.717, 1.165) is 48.3 Å². The van der Waals surface area contributed by atoms with E-state index in [4.69, 9.17) is 4.74 Å². The van der Waals surface area contributed by atoms with Gasteiger partial charge in [-0.05, 0) is 137 Å². The van der Waals surface area contributed by atoms with Gasteiger partial charge in [0.2, 0.25) is 0 Å². The molecule has 4 aliphatic rings. The minimum Gasteiger partial charge on any atom is -0.396 e. The Labute approximate surface area is 232 Å². The van der Waals surface area contributed by atoms with E-state index in [1.165, 1.54) is 70.6 Å². The summed E-state index contributed by atoms with van der Waals surface area (Å²) in [6.45, 7) is 19.1. The highest BCUT2D eigenvalue weighted by Crippen LogP contribution is 2.68. The average molecular weight is 519 g/mol. The highest BCUT2D eigenvalue weighted by atomic mass is 16.5. The summed E-state index contributed by atoms with van der Waals surface area (Å²) in [5, 5.41) is 9.32. The number of hydrogen-bond acceptors (Lipinski definition) is 2. The van der Waals surface area contributed by atoms with Gasteiger partial charge in [0.1, 0.15) is 0 Å². The van der Waals surface area contributed by atoms with Crippen molar-refractivity contribution >= 4 is 0 Å². The van der Waals surface area contributed by atoms with Crippen LogP contribution in [0.5, 0.6) is 0 Å². The fourth-order valence-corrected chi connectivity index (χ4v) is 9.94. The predicted molar refractivity (Wildman–Crippen MR) is 160 cm³/mol. The standard InChI is InChI=1S/C27H48O.C8H18O/c1-19(18-28)8-7-9-20(2)23-13-14-24-22-12-11-21-10-5-6-16-26(21,3)25(22)15-17-27(23,24)4;1-5-7(3)9-8(4)6-2/h19-25,28H,5-18H2,1-4H3;7-8H,5-6H2,1-4H3/t19?,20-,21?,22+,23-,24+,25+,26+,27-;/m1./s1. The van der Waals surface area contributed by atoms with Crippen LogP contribution < -0.4 is 0 Å². The smallest absolute Gasteiger partial charge is 0.0548 e. The number of rotatable bonds is 10. The highest BCUT2D eigenvalue weighted by Gasteiger charge is 2.60. The van der Waals surface area contributed by atoms with Crippen LogP contribution in [0.2, 0.25) is 0 Å². The zero-order valence-corrected chi connectivity index (χ0v) is 26.4. The third-order valence-electron chi connectivity index (χ3n) is 12.6. The topological polar surface area (TPSA) is 29.5 Å². The van der Waals surface area contributed by atoms with E-state index in [-0.39, 0.29) is 0 Å². The third kappa shape index (κ3) is 7.17. The summed E-state index contributed by atoms with van der Waals surface area (Å²) in [6.07, 6.45) is 22.3. The second-order valence-electron chi connectivity index (χ2n) is 14.9. The van der Waals surface area contributed by atoms with Crippen LogP contribution in [-0.4, -0.2) is 23.9 Å². The fraction of sp³-hybridized carbons (Fsp3) is 1.00. The van der Waals surface area contributed by atoms with Crippen molar-refractivity contribution < 1.29 is 9.84 Å². The maximum Gasteiger partial charge on any atom is 0.0548 e. The first-order chi connectivity index (χ1) is 17.6. The molecule has 4 aliphatic carbocycles. The van der Waals surface area contributed by atoms with Gasteiger partial charge in [-0.3, -0.25) is 0 Å². The molecule has 0 aromatic rings. The minimum atomic E-state index is 0.362. The van der Waals surface area contributed by atoms with Gasteiger partial charge >= 0.3 is 0 Å². The van der Waals surface area contributed by atoms with Crippen molar-refractivity contribution in [2.24, 2.45) is 52.3 Å². The molecular weight excluding hydrogens is 452 g/mol. The average Bonchev–Trinajstić information content (AvgIpc) is 3.25. The molecule has 218 valence electrons. The molecule has 0 spiro atoms. The first kappa shape index (κ1) is 31.4. The summed E-state index contributed by atoms with van der Waals surface area (Å²) in [7, 11) is 0. The minimum absolute atomic E-state index is 0.362. The van der Waals surface area contributed by atoms with Gasteiger partial charge in [-0.15, -0.1) is 0 Å². The predicted octanol–water partition coefficient (Wildman–Crippen LogP) is 10.1. The molecule has 0 saturated heterocycles. The van der Waals surface area contributed by atoms with Gasteiger partial charge in [-0.25, -0.2) is 0 Å². The molecule has 0 heterocycles. The summed E-state index contributed by atoms with van der Waals surface area (Å²) in [6, 6.07) is 0. The molecule has 4 fully saturated rings. The van der Waals surface area contributed by atoms with E-state index in [0.29, 0.717) is 35.6 Å². The van der Waals surface area contributed by atoms with E-state index >= 15 is 0 Å². The molecule has 37 heavy (non-hydrogen) atoms. The molecule has 11 atom stereocenters. The molecule has 1 N–H and O–H groups in total. The second kappa shape index (κ2) is 14.0. The van der Waals surface area contributed by atoms with E-state index in [2.05, 4.69) is 55.4 Å². The van der Waals surface area contributed by atoms with Crippen LogP contribution in [0.1, 0.15) is 152 Å². The Morgan fingerprint density at radius 3 is 2.08 bits per heavy atom. The molecule has 0 aliphatic heterocycles. The Hall–Kier alpha value is -0.0800. The van der Waals surface area contributed by atoms with Gasteiger partial charge in [0.05, 0.1) is 12.2 Å². The van der Waals surface area contributed by atoms with Gasteiger partial charge in [0.15, 0.2) is 0 Å². The monoisotopic (exact) mass is 519 g/mol. The van der Waals surface area contributed by atoms with Crippen molar-refractivity contribution in [1.29, 1.82) is 0 Å². The van der Waals surface area contributed by atoms with Crippen molar-refractivity contribution in [3.8, 4) is 0 Å². The summed E-state index contributed by atoms with van der Waals surface area (Å²) < 4.78 is 5.55. The van der Waals surface area contributed by atoms with E-state index in [1.54, 1.807) is 12.8 Å². The molecule has 4 rings (SSSR count). The maximum absolute atomic E-state index is 9.32. The van der Waals surface area contributed by atoms with E-state index in [1.807, 2.05) is 0 Å². The van der Waals surface area contributed by atoms with E-state index in [9.17, 15) is 5.11 Å². The lowest BCUT2D eigenvalue weighted by molar-refractivity contribution is -0.114. The van der Waals surface area contributed by atoms with Gasteiger partial charge in [-0.2, -0.15) is 0 Å². The van der Waals surface area contributed by atoms with Gasteiger partial charge in [0, 0.05) is 6.61 Å². The van der Waals surface area contributed by atoms with Crippen LogP contribution in [0.4, 0.5) is 0 Å². The van der Waals surface area contributed by atoms with Crippen LogP contribution in [0.25, 0.3) is 0 Å². The number of hydrogen-bond donors (Lipinski definition) is 1. The van der Waals surface area contributed by atoms with Gasteiger partial charge < -0.3 is 9.84 Å². The Morgan fingerprint density at radius 2 is 1.43 bits per heavy atom.